The largest absolute Gasteiger partial charge is 0.489 e. The van der Waals surface area contributed by atoms with Crippen LogP contribution in [0.2, 0.25) is 0 Å². The molecule has 0 aromatic heterocycles. The van der Waals surface area contributed by atoms with Crippen molar-refractivity contribution in [2.75, 3.05) is 7.11 Å². The summed E-state index contributed by atoms with van der Waals surface area (Å²) in [5, 5.41) is 2.72. The lowest BCUT2D eigenvalue weighted by molar-refractivity contribution is -0.144. The quantitative estimate of drug-likeness (QED) is 0.338. The second-order valence-electron chi connectivity index (χ2n) is 7.09. The van der Waals surface area contributed by atoms with Crippen LogP contribution in [-0.4, -0.2) is 25.0 Å². The Hall–Kier alpha value is -3.38. The van der Waals surface area contributed by atoms with Crippen molar-refractivity contribution in [3.05, 3.63) is 106 Å². The third-order valence-electron chi connectivity index (χ3n) is 4.71. The molecular formula is C26H24BrNO4. The lowest BCUT2D eigenvalue weighted by Gasteiger charge is -2.16. The van der Waals surface area contributed by atoms with E-state index in [4.69, 9.17) is 9.47 Å². The van der Waals surface area contributed by atoms with E-state index in [0.29, 0.717) is 13.0 Å². The minimum atomic E-state index is -0.793. The van der Waals surface area contributed by atoms with E-state index in [-0.39, 0.29) is 5.91 Å². The standard InChI is InChI=1S/C26H24BrNO4/c1-31-26(30)24(28-25(29)16-11-19-7-12-22(27)13-8-19)17-20-9-14-23(15-10-20)32-18-21-5-3-2-4-6-21/h2-16,24H,17-18H2,1H3,(H,28,29)/b16-11+/t24-/m0/s1. The maximum Gasteiger partial charge on any atom is 0.328 e. The molecule has 0 aliphatic heterocycles. The fraction of sp³-hybridized carbons (Fsp3) is 0.154. The second-order valence-corrected chi connectivity index (χ2v) is 8.01. The average Bonchev–Trinajstić information content (AvgIpc) is 2.83. The van der Waals surface area contributed by atoms with E-state index >= 15 is 0 Å². The molecule has 0 spiro atoms. The molecule has 1 atom stereocenters. The maximum absolute atomic E-state index is 12.3. The first kappa shape index (κ1) is 23.3. The Labute approximate surface area is 196 Å². The van der Waals surface area contributed by atoms with Crippen LogP contribution in [0.15, 0.2) is 89.4 Å². The molecule has 0 heterocycles. The highest BCUT2D eigenvalue weighted by Crippen LogP contribution is 2.16. The topological polar surface area (TPSA) is 64.6 Å². The van der Waals surface area contributed by atoms with E-state index in [2.05, 4.69) is 21.2 Å². The van der Waals surface area contributed by atoms with E-state index in [0.717, 1.165) is 26.9 Å². The minimum Gasteiger partial charge on any atom is -0.489 e. The van der Waals surface area contributed by atoms with Crippen molar-refractivity contribution in [2.45, 2.75) is 19.1 Å². The van der Waals surface area contributed by atoms with Gasteiger partial charge in [-0.1, -0.05) is 70.5 Å². The molecule has 3 rings (SSSR count). The summed E-state index contributed by atoms with van der Waals surface area (Å²) in [6.45, 7) is 0.478. The van der Waals surface area contributed by atoms with E-state index < -0.39 is 12.0 Å². The van der Waals surface area contributed by atoms with Gasteiger partial charge < -0.3 is 14.8 Å². The predicted molar refractivity (Wildman–Crippen MR) is 128 cm³/mol. The molecule has 6 heteroatoms. The van der Waals surface area contributed by atoms with Crippen LogP contribution in [0.3, 0.4) is 0 Å². The maximum atomic E-state index is 12.3. The lowest BCUT2D eigenvalue weighted by Crippen LogP contribution is -2.42. The number of benzene rings is 3. The summed E-state index contributed by atoms with van der Waals surface area (Å²) in [4.78, 5) is 24.5. The number of nitrogens with one attached hydrogen (secondary N) is 1. The van der Waals surface area contributed by atoms with Crippen LogP contribution in [-0.2, 0) is 27.4 Å². The fourth-order valence-electron chi connectivity index (χ4n) is 3.00. The van der Waals surface area contributed by atoms with Crippen LogP contribution in [0.5, 0.6) is 5.75 Å². The zero-order valence-electron chi connectivity index (χ0n) is 17.7. The summed E-state index contributed by atoms with van der Waals surface area (Å²) in [5.41, 5.74) is 2.84. The number of hydrogen-bond donors (Lipinski definition) is 1. The first-order valence-electron chi connectivity index (χ1n) is 10.1. The molecule has 1 N–H and O–H groups in total. The summed E-state index contributed by atoms with van der Waals surface area (Å²) in [5.74, 6) is -0.139. The van der Waals surface area contributed by atoms with Crippen molar-refractivity contribution < 1.29 is 19.1 Å². The van der Waals surface area contributed by atoms with Crippen LogP contribution in [0.25, 0.3) is 6.08 Å². The van der Waals surface area contributed by atoms with Gasteiger partial charge in [0.1, 0.15) is 18.4 Å². The molecule has 3 aromatic carbocycles. The van der Waals surface area contributed by atoms with Crippen molar-refractivity contribution in [1.82, 2.24) is 5.32 Å². The summed E-state index contributed by atoms with van der Waals surface area (Å²) in [6.07, 6.45) is 3.40. The molecule has 0 radical (unpaired) electrons. The summed E-state index contributed by atoms with van der Waals surface area (Å²) in [7, 11) is 1.31. The van der Waals surface area contributed by atoms with Crippen LogP contribution in [0.4, 0.5) is 0 Å². The Morgan fingerprint density at radius 3 is 2.28 bits per heavy atom. The smallest absolute Gasteiger partial charge is 0.328 e. The van der Waals surface area contributed by atoms with Gasteiger partial charge >= 0.3 is 5.97 Å². The molecule has 0 saturated carbocycles. The number of halogens is 1. The van der Waals surface area contributed by atoms with E-state index in [9.17, 15) is 9.59 Å². The van der Waals surface area contributed by atoms with Gasteiger partial charge in [-0.15, -0.1) is 0 Å². The zero-order valence-corrected chi connectivity index (χ0v) is 19.2. The average molecular weight is 494 g/mol. The van der Waals surface area contributed by atoms with Gasteiger partial charge in [-0.3, -0.25) is 4.79 Å². The second kappa shape index (κ2) is 11.9. The number of esters is 1. The Bertz CT molecular complexity index is 1050. The lowest BCUT2D eigenvalue weighted by atomic mass is 10.1. The van der Waals surface area contributed by atoms with Crippen LogP contribution in [0, 0.1) is 0 Å². The Kier molecular flexibility index (Phi) is 8.63. The number of hydrogen-bond acceptors (Lipinski definition) is 4. The first-order chi connectivity index (χ1) is 15.5. The zero-order chi connectivity index (χ0) is 22.8. The molecule has 1 amide bonds. The highest BCUT2D eigenvalue weighted by atomic mass is 79.9. The van der Waals surface area contributed by atoms with Gasteiger partial charge in [0.25, 0.3) is 0 Å². The molecule has 0 aliphatic carbocycles. The molecule has 0 saturated heterocycles. The van der Waals surface area contributed by atoms with Gasteiger partial charge in [0.05, 0.1) is 7.11 Å². The minimum absolute atomic E-state index is 0.309. The van der Waals surface area contributed by atoms with Gasteiger partial charge in [0.15, 0.2) is 0 Å². The number of carbonyl (C=O) groups excluding carboxylic acids is 2. The van der Waals surface area contributed by atoms with Gasteiger partial charge in [-0.05, 0) is 47.0 Å². The van der Waals surface area contributed by atoms with E-state index in [1.165, 1.54) is 13.2 Å². The van der Waals surface area contributed by atoms with Crippen molar-refractivity contribution in [2.24, 2.45) is 0 Å². The number of amides is 1. The summed E-state index contributed by atoms with van der Waals surface area (Å²) < 4.78 is 11.6. The molecule has 0 fully saturated rings. The van der Waals surface area contributed by atoms with Crippen molar-refractivity contribution in [3.63, 3.8) is 0 Å². The van der Waals surface area contributed by atoms with Crippen molar-refractivity contribution in [1.29, 1.82) is 0 Å². The normalized spacial score (nSPS) is 11.7. The molecular weight excluding hydrogens is 470 g/mol. The van der Waals surface area contributed by atoms with Crippen LogP contribution in [0.1, 0.15) is 16.7 Å². The fourth-order valence-corrected chi connectivity index (χ4v) is 3.26. The third-order valence-corrected chi connectivity index (χ3v) is 5.24. The third kappa shape index (κ3) is 7.39. The summed E-state index contributed by atoms with van der Waals surface area (Å²) >= 11 is 3.37. The van der Waals surface area contributed by atoms with E-state index in [1.807, 2.05) is 78.9 Å². The van der Waals surface area contributed by atoms with Gasteiger partial charge in [-0.25, -0.2) is 4.79 Å². The summed E-state index contributed by atoms with van der Waals surface area (Å²) in [6, 6.07) is 24.1. The number of ether oxygens (including phenoxy) is 2. The van der Waals surface area contributed by atoms with Gasteiger partial charge in [0.2, 0.25) is 5.91 Å². The Balaban J connectivity index is 1.58. The number of rotatable bonds is 9. The first-order valence-corrected chi connectivity index (χ1v) is 10.9. The molecule has 0 bridgehead atoms. The van der Waals surface area contributed by atoms with E-state index in [1.54, 1.807) is 6.08 Å². The predicted octanol–water partition coefficient (Wildman–Crippen LogP) is 4.94. The Morgan fingerprint density at radius 2 is 1.62 bits per heavy atom. The molecule has 0 aliphatic rings. The van der Waals surface area contributed by atoms with Crippen molar-refractivity contribution >= 4 is 33.9 Å². The highest BCUT2D eigenvalue weighted by molar-refractivity contribution is 9.10. The highest BCUT2D eigenvalue weighted by Gasteiger charge is 2.21. The molecule has 3 aromatic rings. The molecule has 5 nitrogen and oxygen atoms in total. The van der Waals surface area contributed by atoms with Crippen molar-refractivity contribution in [3.8, 4) is 5.75 Å². The monoisotopic (exact) mass is 493 g/mol. The van der Waals surface area contributed by atoms with Crippen LogP contribution >= 0.6 is 15.9 Å². The van der Waals surface area contributed by atoms with Gasteiger partial charge in [0, 0.05) is 17.0 Å². The van der Waals surface area contributed by atoms with Crippen LogP contribution < -0.4 is 10.1 Å². The molecule has 32 heavy (non-hydrogen) atoms. The van der Waals surface area contributed by atoms with Gasteiger partial charge in [-0.2, -0.15) is 0 Å². The Morgan fingerprint density at radius 1 is 0.938 bits per heavy atom. The number of methoxy groups -OCH3 is 1. The SMILES string of the molecule is COC(=O)[C@H](Cc1ccc(OCc2ccccc2)cc1)NC(=O)/C=C/c1ccc(Br)cc1. The molecule has 0 unspecified atom stereocenters. The number of carbonyl (C=O) groups is 2. The molecule has 164 valence electrons.